The van der Waals surface area contributed by atoms with Crippen molar-refractivity contribution in [1.82, 2.24) is 4.90 Å². The van der Waals surface area contributed by atoms with Gasteiger partial charge in [0.2, 0.25) is 0 Å². The number of nitrogens with zero attached hydrogens (tertiary/aromatic N) is 2. The van der Waals surface area contributed by atoms with Crippen LogP contribution < -0.4 is 0 Å². The van der Waals surface area contributed by atoms with E-state index in [1.54, 1.807) is 24.3 Å². The molecule has 0 spiro atoms. The van der Waals surface area contributed by atoms with E-state index in [0.717, 1.165) is 18.7 Å². The summed E-state index contributed by atoms with van der Waals surface area (Å²) >= 11 is 0. The minimum atomic E-state index is -0.382. The van der Waals surface area contributed by atoms with Crippen molar-refractivity contribution in [2.24, 2.45) is 0 Å². The number of esters is 1. The molecule has 0 amide bonds. The number of rotatable bonds is 3. The molecule has 0 aromatic heterocycles. The van der Waals surface area contributed by atoms with Gasteiger partial charge < -0.3 is 14.4 Å². The van der Waals surface area contributed by atoms with Crippen molar-refractivity contribution >= 4 is 11.5 Å². The van der Waals surface area contributed by atoms with Gasteiger partial charge >= 0.3 is 5.97 Å². The van der Waals surface area contributed by atoms with Crippen LogP contribution >= 0.6 is 0 Å². The van der Waals surface area contributed by atoms with Gasteiger partial charge in [0.1, 0.15) is 6.07 Å². The Morgan fingerprint density at radius 3 is 2.45 bits per heavy atom. The standard InChI is InChI=1S/C15H16N2O3/c1-19-15(18)13-4-2-12(3-5-13)14(10-16)11-17-6-8-20-9-7-17/h2-5,11H,6-9H2,1H3/b14-11-. The summed E-state index contributed by atoms with van der Waals surface area (Å²) in [6, 6.07) is 9.01. The van der Waals surface area contributed by atoms with Gasteiger partial charge in [0.15, 0.2) is 0 Å². The molecule has 0 unspecified atom stereocenters. The molecule has 1 aliphatic heterocycles. The molecule has 104 valence electrons. The Morgan fingerprint density at radius 1 is 1.30 bits per heavy atom. The number of allylic oxidation sites excluding steroid dienone is 1. The van der Waals surface area contributed by atoms with Gasteiger partial charge in [0.05, 0.1) is 31.5 Å². The topological polar surface area (TPSA) is 62.6 Å². The van der Waals surface area contributed by atoms with Gasteiger partial charge in [-0.05, 0) is 17.7 Å². The smallest absolute Gasteiger partial charge is 0.337 e. The second-order valence-electron chi connectivity index (χ2n) is 4.37. The molecule has 1 aromatic rings. The Bertz CT molecular complexity index is 537. The zero-order valence-corrected chi connectivity index (χ0v) is 11.3. The van der Waals surface area contributed by atoms with Gasteiger partial charge in [-0.3, -0.25) is 0 Å². The highest BCUT2D eigenvalue weighted by molar-refractivity contribution is 5.90. The summed E-state index contributed by atoms with van der Waals surface area (Å²) in [6.07, 6.45) is 1.84. The molecule has 2 rings (SSSR count). The first-order valence-corrected chi connectivity index (χ1v) is 6.37. The van der Waals surface area contributed by atoms with Crippen LogP contribution in [0.3, 0.4) is 0 Å². The van der Waals surface area contributed by atoms with E-state index in [-0.39, 0.29) is 5.97 Å². The molecule has 1 aliphatic rings. The quantitative estimate of drug-likeness (QED) is 0.618. The molecule has 5 heteroatoms. The lowest BCUT2D eigenvalue weighted by molar-refractivity contribution is 0.0595. The van der Waals surface area contributed by atoms with Crippen LogP contribution in [0.15, 0.2) is 30.5 Å². The highest BCUT2D eigenvalue weighted by atomic mass is 16.5. The lowest BCUT2D eigenvalue weighted by atomic mass is 10.1. The van der Waals surface area contributed by atoms with E-state index in [4.69, 9.17) is 4.74 Å². The maximum atomic E-state index is 11.4. The molecule has 1 saturated heterocycles. The van der Waals surface area contributed by atoms with E-state index < -0.39 is 0 Å². The molecule has 0 aliphatic carbocycles. The Hall–Kier alpha value is -2.32. The van der Waals surface area contributed by atoms with Crippen molar-refractivity contribution in [3.63, 3.8) is 0 Å². The first-order chi connectivity index (χ1) is 9.74. The summed E-state index contributed by atoms with van der Waals surface area (Å²) < 4.78 is 9.91. The molecule has 5 nitrogen and oxygen atoms in total. The van der Waals surface area contributed by atoms with Crippen LogP contribution in [0.5, 0.6) is 0 Å². The summed E-state index contributed by atoms with van der Waals surface area (Å²) in [6.45, 7) is 2.92. The number of methoxy groups -OCH3 is 1. The number of morpholine rings is 1. The second kappa shape index (κ2) is 6.73. The fraction of sp³-hybridized carbons (Fsp3) is 0.333. The van der Waals surface area contributed by atoms with Crippen LogP contribution in [0.1, 0.15) is 15.9 Å². The number of carbonyl (C=O) groups excluding carboxylic acids is 1. The molecule has 1 aromatic carbocycles. The van der Waals surface area contributed by atoms with Gasteiger partial charge in [-0.1, -0.05) is 12.1 Å². The Balaban J connectivity index is 2.17. The number of carbonyl (C=O) groups is 1. The maximum Gasteiger partial charge on any atom is 0.337 e. The van der Waals surface area contributed by atoms with Crippen molar-refractivity contribution < 1.29 is 14.3 Å². The second-order valence-corrected chi connectivity index (χ2v) is 4.37. The minimum Gasteiger partial charge on any atom is -0.465 e. The first-order valence-electron chi connectivity index (χ1n) is 6.37. The van der Waals surface area contributed by atoms with E-state index >= 15 is 0 Å². The summed E-state index contributed by atoms with van der Waals surface area (Å²) in [5.74, 6) is -0.382. The SMILES string of the molecule is COC(=O)c1ccc(/C(C#N)=C\N2CCOCC2)cc1. The third kappa shape index (κ3) is 3.37. The Kier molecular flexibility index (Phi) is 4.75. The summed E-state index contributed by atoms with van der Waals surface area (Å²) in [5, 5.41) is 9.27. The van der Waals surface area contributed by atoms with Gasteiger partial charge in [0.25, 0.3) is 0 Å². The molecule has 0 bridgehead atoms. The van der Waals surface area contributed by atoms with E-state index in [1.165, 1.54) is 7.11 Å². The fourth-order valence-electron chi connectivity index (χ4n) is 1.96. The lowest BCUT2D eigenvalue weighted by Gasteiger charge is -2.25. The molecular weight excluding hydrogens is 256 g/mol. The van der Waals surface area contributed by atoms with Crippen LogP contribution in [0, 0.1) is 11.3 Å². The number of hydrogen-bond donors (Lipinski definition) is 0. The molecule has 0 radical (unpaired) electrons. The van der Waals surface area contributed by atoms with Crippen LogP contribution in [0.4, 0.5) is 0 Å². The minimum absolute atomic E-state index is 0.382. The summed E-state index contributed by atoms with van der Waals surface area (Å²) in [7, 11) is 1.34. The largest absolute Gasteiger partial charge is 0.465 e. The van der Waals surface area contributed by atoms with Gasteiger partial charge in [-0.2, -0.15) is 5.26 Å². The van der Waals surface area contributed by atoms with Gasteiger partial charge in [0, 0.05) is 19.3 Å². The number of benzene rings is 1. The van der Waals surface area contributed by atoms with Crippen molar-refractivity contribution in [2.75, 3.05) is 33.4 Å². The van der Waals surface area contributed by atoms with Crippen LogP contribution in [-0.2, 0) is 9.47 Å². The van der Waals surface area contributed by atoms with E-state index in [1.807, 2.05) is 6.20 Å². The summed E-state index contributed by atoms with van der Waals surface area (Å²) in [5.41, 5.74) is 1.83. The number of ether oxygens (including phenoxy) is 2. The molecule has 0 saturated carbocycles. The van der Waals surface area contributed by atoms with Gasteiger partial charge in [-0.25, -0.2) is 4.79 Å². The zero-order valence-electron chi connectivity index (χ0n) is 11.3. The van der Waals surface area contributed by atoms with E-state index in [2.05, 4.69) is 15.7 Å². The van der Waals surface area contributed by atoms with Crippen LogP contribution in [-0.4, -0.2) is 44.3 Å². The zero-order chi connectivity index (χ0) is 14.4. The molecule has 0 atom stereocenters. The van der Waals surface area contributed by atoms with Crippen molar-refractivity contribution in [2.45, 2.75) is 0 Å². The normalized spacial score (nSPS) is 15.6. The number of hydrogen-bond acceptors (Lipinski definition) is 5. The van der Waals surface area contributed by atoms with Crippen molar-refractivity contribution in [3.05, 3.63) is 41.6 Å². The molecule has 0 N–H and O–H groups in total. The lowest BCUT2D eigenvalue weighted by Crippen LogP contribution is -2.32. The van der Waals surface area contributed by atoms with Crippen molar-refractivity contribution in [1.29, 1.82) is 5.26 Å². The predicted octanol–water partition coefficient (Wildman–Crippen LogP) is 1.67. The van der Waals surface area contributed by atoms with Crippen LogP contribution in [0.2, 0.25) is 0 Å². The molecule has 1 fully saturated rings. The van der Waals surface area contributed by atoms with E-state index in [9.17, 15) is 10.1 Å². The summed E-state index contributed by atoms with van der Waals surface area (Å²) in [4.78, 5) is 13.4. The molecule has 20 heavy (non-hydrogen) atoms. The monoisotopic (exact) mass is 272 g/mol. The highest BCUT2D eigenvalue weighted by Crippen LogP contribution is 2.16. The Morgan fingerprint density at radius 2 is 1.90 bits per heavy atom. The maximum absolute atomic E-state index is 11.4. The van der Waals surface area contributed by atoms with Gasteiger partial charge in [-0.15, -0.1) is 0 Å². The fourth-order valence-corrected chi connectivity index (χ4v) is 1.96. The predicted molar refractivity (Wildman–Crippen MR) is 73.8 cm³/mol. The van der Waals surface area contributed by atoms with Crippen molar-refractivity contribution in [3.8, 4) is 6.07 Å². The third-order valence-corrected chi connectivity index (χ3v) is 3.09. The van der Waals surface area contributed by atoms with Crippen LogP contribution in [0.25, 0.3) is 5.57 Å². The number of nitriles is 1. The average Bonchev–Trinajstić information content (AvgIpc) is 2.53. The third-order valence-electron chi connectivity index (χ3n) is 3.09. The Labute approximate surface area is 118 Å². The van der Waals surface area contributed by atoms with E-state index in [0.29, 0.717) is 24.4 Å². The molecule has 1 heterocycles. The first kappa shape index (κ1) is 14.1. The average molecular weight is 272 g/mol. The molecular formula is C15H16N2O3. The highest BCUT2D eigenvalue weighted by Gasteiger charge is 2.10.